The number of halogens is 2. The lowest BCUT2D eigenvalue weighted by molar-refractivity contribution is -0.156. The van der Waals surface area contributed by atoms with Gasteiger partial charge in [0.05, 0.1) is 5.92 Å². The number of hydrogen-bond acceptors (Lipinski definition) is 5. The van der Waals surface area contributed by atoms with Crippen LogP contribution in [0.1, 0.15) is 52.9 Å². The normalized spacial score (nSPS) is 23.2. The molecule has 0 amide bonds. The van der Waals surface area contributed by atoms with Crippen molar-refractivity contribution in [2.75, 3.05) is 0 Å². The lowest BCUT2D eigenvalue weighted by Gasteiger charge is -2.36. The molecule has 0 aromatic heterocycles. The molecule has 2 saturated carbocycles. The van der Waals surface area contributed by atoms with Crippen molar-refractivity contribution >= 4 is 35.5 Å². The molecular weight excluding hydrogens is 490 g/mol. The predicted molar refractivity (Wildman–Crippen MR) is 136 cm³/mol. The first kappa shape index (κ1) is 27.5. The van der Waals surface area contributed by atoms with Gasteiger partial charge < -0.3 is 9.84 Å². The van der Waals surface area contributed by atoms with Crippen LogP contribution < -0.4 is 0 Å². The Morgan fingerprint density at radius 1 is 0.857 bits per heavy atom. The van der Waals surface area contributed by atoms with E-state index in [0.717, 1.165) is 35.5 Å². The Hall–Kier alpha value is -2.06. The minimum Gasteiger partial charge on any atom is -0.481 e. The van der Waals surface area contributed by atoms with E-state index in [1.165, 1.54) is 36.0 Å². The van der Waals surface area contributed by atoms with Crippen LogP contribution in [0.15, 0.2) is 58.3 Å². The quantitative estimate of drug-likeness (QED) is 0.388. The van der Waals surface area contributed by atoms with Crippen LogP contribution in [-0.4, -0.2) is 33.1 Å². The largest absolute Gasteiger partial charge is 0.481 e. The van der Waals surface area contributed by atoms with E-state index in [2.05, 4.69) is 0 Å². The van der Waals surface area contributed by atoms with Crippen molar-refractivity contribution in [3.05, 3.63) is 60.2 Å². The lowest BCUT2D eigenvalue weighted by atomic mass is 9.82. The number of carboxylic acids is 1. The van der Waals surface area contributed by atoms with E-state index < -0.39 is 11.6 Å². The first-order valence-electron chi connectivity index (χ1n) is 11.8. The number of carbonyl (C=O) groups is 2. The number of hydrogen-bond donors (Lipinski definition) is 1. The number of esters is 1. The van der Waals surface area contributed by atoms with Gasteiger partial charge in [0.25, 0.3) is 0 Å². The third kappa shape index (κ3) is 8.83. The maximum atomic E-state index is 12.9. The molecule has 2 aromatic rings. The average molecular weight is 523 g/mol. The van der Waals surface area contributed by atoms with Crippen LogP contribution in [0.3, 0.4) is 0 Å². The number of thioether (sulfide) groups is 2. The number of aliphatic carboxylic acids is 1. The molecule has 0 heterocycles. The summed E-state index contributed by atoms with van der Waals surface area (Å²) in [4.78, 5) is 24.6. The van der Waals surface area contributed by atoms with E-state index >= 15 is 0 Å². The Kier molecular flexibility index (Phi) is 9.64. The van der Waals surface area contributed by atoms with Gasteiger partial charge in [-0.2, -0.15) is 0 Å². The van der Waals surface area contributed by atoms with Crippen LogP contribution in [-0.2, 0) is 14.3 Å². The van der Waals surface area contributed by atoms with Gasteiger partial charge in [-0.15, -0.1) is 23.5 Å². The highest BCUT2D eigenvalue weighted by atomic mass is 32.2. The van der Waals surface area contributed by atoms with E-state index in [-0.39, 0.29) is 28.8 Å². The van der Waals surface area contributed by atoms with Gasteiger partial charge in [0.15, 0.2) is 0 Å². The first-order chi connectivity index (χ1) is 16.5. The number of carbonyl (C=O) groups excluding carboxylic acids is 1. The topological polar surface area (TPSA) is 63.6 Å². The molecule has 0 spiro atoms. The summed E-state index contributed by atoms with van der Waals surface area (Å²) in [5, 5.41) is 9.44. The molecule has 190 valence electrons. The number of carboxylic acid groups (broad SMARTS) is 1. The predicted octanol–water partition coefficient (Wildman–Crippen LogP) is 7.21. The SMILES string of the molecule is CC(C)(C)OC(=O)CC1CCC1Sc1ccc(F)cc1.O=C(O)C1CCC1Sc1ccc(F)cc1. The van der Waals surface area contributed by atoms with Gasteiger partial charge in [-0.1, -0.05) is 0 Å². The molecule has 0 radical (unpaired) electrons. The van der Waals surface area contributed by atoms with Gasteiger partial charge in [-0.3, -0.25) is 9.59 Å². The molecule has 2 aliphatic carbocycles. The minimum absolute atomic E-state index is 0.119. The third-order valence-corrected chi connectivity index (χ3v) is 8.81. The van der Waals surface area contributed by atoms with Crippen molar-refractivity contribution in [2.24, 2.45) is 11.8 Å². The van der Waals surface area contributed by atoms with E-state index in [4.69, 9.17) is 9.84 Å². The van der Waals surface area contributed by atoms with Crippen LogP contribution in [0.25, 0.3) is 0 Å². The monoisotopic (exact) mass is 522 g/mol. The molecule has 35 heavy (non-hydrogen) atoms. The van der Waals surface area contributed by atoms with Crippen molar-refractivity contribution in [3.8, 4) is 0 Å². The molecule has 2 aliphatic rings. The van der Waals surface area contributed by atoms with Crippen molar-refractivity contribution < 1.29 is 28.2 Å². The van der Waals surface area contributed by atoms with Crippen molar-refractivity contribution in [1.29, 1.82) is 0 Å². The summed E-state index contributed by atoms with van der Waals surface area (Å²) in [5.74, 6) is -1.18. The molecule has 0 aliphatic heterocycles. The molecule has 4 atom stereocenters. The number of rotatable bonds is 7. The second-order valence-corrected chi connectivity index (χ2v) is 12.5. The summed E-state index contributed by atoms with van der Waals surface area (Å²) in [6, 6.07) is 12.7. The standard InChI is InChI=1S/C16H21FO2S.C11H11FO2S/c1-16(2,3)19-15(18)10-11-4-9-14(11)20-13-7-5-12(17)6-8-13;12-7-1-3-8(4-2-7)15-10-6-5-9(10)11(13)14/h5-8,11,14H,4,9-10H2,1-3H3;1-4,9-10H,5-6H2,(H,13,14). The van der Waals surface area contributed by atoms with Crippen LogP contribution in [0.4, 0.5) is 8.78 Å². The first-order valence-corrected chi connectivity index (χ1v) is 13.5. The smallest absolute Gasteiger partial charge is 0.307 e. The maximum Gasteiger partial charge on any atom is 0.307 e. The second-order valence-electron chi connectivity index (χ2n) is 9.87. The number of ether oxygens (including phenoxy) is 1. The van der Waals surface area contributed by atoms with Crippen LogP contribution >= 0.6 is 23.5 Å². The Morgan fingerprint density at radius 3 is 1.71 bits per heavy atom. The molecule has 1 N–H and O–H groups in total. The molecule has 0 bridgehead atoms. The van der Waals surface area contributed by atoms with Crippen LogP contribution in [0.2, 0.25) is 0 Å². The molecule has 0 saturated heterocycles. The second kappa shape index (κ2) is 12.3. The van der Waals surface area contributed by atoms with Gasteiger partial charge in [-0.25, -0.2) is 8.78 Å². The minimum atomic E-state index is -0.721. The summed E-state index contributed by atoms with van der Waals surface area (Å²) in [6.07, 6.45) is 4.34. The summed E-state index contributed by atoms with van der Waals surface area (Å²) >= 11 is 3.26. The molecule has 4 unspecified atom stereocenters. The zero-order chi connectivity index (χ0) is 25.6. The summed E-state index contributed by atoms with van der Waals surface area (Å²) in [6.45, 7) is 5.66. The molecule has 2 aromatic carbocycles. The van der Waals surface area contributed by atoms with Gasteiger partial charge in [0.1, 0.15) is 17.2 Å². The highest BCUT2D eigenvalue weighted by molar-refractivity contribution is 8.00. The Balaban J connectivity index is 0.000000203. The fourth-order valence-electron chi connectivity index (χ4n) is 3.79. The Bertz CT molecular complexity index is 990. The average Bonchev–Trinajstić information content (AvgIpc) is 2.74. The molecule has 2 fully saturated rings. The number of benzene rings is 2. The fraction of sp³-hybridized carbons (Fsp3) is 0.481. The van der Waals surface area contributed by atoms with Crippen LogP contribution in [0.5, 0.6) is 0 Å². The van der Waals surface area contributed by atoms with E-state index in [1.807, 2.05) is 20.8 Å². The van der Waals surface area contributed by atoms with Gasteiger partial charge in [0, 0.05) is 26.7 Å². The van der Waals surface area contributed by atoms with Crippen molar-refractivity contribution in [2.45, 2.75) is 78.8 Å². The Morgan fingerprint density at radius 2 is 1.34 bits per heavy atom. The van der Waals surface area contributed by atoms with Crippen molar-refractivity contribution in [3.63, 3.8) is 0 Å². The Labute approximate surface area is 214 Å². The summed E-state index contributed by atoms with van der Waals surface area (Å²) < 4.78 is 30.8. The molecule has 4 rings (SSSR count). The summed E-state index contributed by atoms with van der Waals surface area (Å²) in [5.41, 5.74) is -0.416. The van der Waals surface area contributed by atoms with Gasteiger partial charge in [-0.05, 0) is 101 Å². The van der Waals surface area contributed by atoms with Gasteiger partial charge in [0.2, 0.25) is 0 Å². The van der Waals surface area contributed by atoms with E-state index in [1.54, 1.807) is 36.0 Å². The molecule has 8 heteroatoms. The third-order valence-electron chi connectivity index (χ3n) is 5.93. The van der Waals surface area contributed by atoms with Gasteiger partial charge >= 0.3 is 11.9 Å². The molecular formula is C27H32F2O4S2. The fourth-order valence-corrected chi connectivity index (χ4v) is 6.43. The summed E-state index contributed by atoms with van der Waals surface area (Å²) in [7, 11) is 0. The van der Waals surface area contributed by atoms with E-state index in [0.29, 0.717) is 17.6 Å². The highest BCUT2D eigenvalue weighted by Gasteiger charge is 2.37. The maximum absolute atomic E-state index is 12.9. The lowest BCUT2D eigenvalue weighted by Crippen LogP contribution is -2.35. The zero-order valence-corrected chi connectivity index (χ0v) is 21.8. The van der Waals surface area contributed by atoms with Crippen LogP contribution in [0, 0.1) is 23.5 Å². The van der Waals surface area contributed by atoms with E-state index in [9.17, 15) is 18.4 Å². The zero-order valence-electron chi connectivity index (χ0n) is 20.2. The molecule has 4 nitrogen and oxygen atoms in total. The highest BCUT2D eigenvalue weighted by Crippen LogP contribution is 2.43. The van der Waals surface area contributed by atoms with Crippen molar-refractivity contribution in [1.82, 2.24) is 0 Å².